The van der Waals surface area contributed by atoms with Gasteiger partial charge in [-0.05, 0) is 43.2 Å². The smallest absolute Gasteiger partial charge is 0.244 e. The number of rotatable bonds is 4. The van der Waals surface area contributed by atoms with Crippen LogP contribution in [-0.2, 0) is 14.8 Å². The minimum Gasteiger partial charge on any atom is -0.310 e. The fourth-order valence-electron chi connectivity index (χ4n) is 2.85. The van der Waals surface area contributed by atoms with Crippen LogP contribution in [0.3, 0.4) is 0 Å². The Morgan fingerprint density at radius 3 is 2.37 bits per heavy atom. The Balaban J connectivity index is 1.65. The lowest BCUT2D eigenvalue weighted by molar-refractivity contribution is -0.120. The van der Waals surface area contributed by atoms with Crippen LogP contribution in [0.2, 0.25) is 15.1 Å². The van der Waals surface area contributed by atoms with Crippen LogP contribution in [0.4, 0.5) is 5.82 Å². The molecule has 0 radical (unpaired) electrons. The molecule has 1 aromatic carbocycles. The molecule has 1 aromatic heterocycles. The maximum absolute atomic E-state index is 12.8. The number of hydrogen-bond acceptors (Lipinski definition) is 4. The molecule has 1 fully saturated rings. The van der Waals surface area contributed by atoms with E-state index in [1.165, 1.54) is 28.7 Å². The van der Waals surface area contributed by atoms with Crippen LogP contribution in [0.5, 0.6) is 0 Å². The topological polar surface area (TPSA) is 79.4 Å². The van der Waals surface area contributed by atoms with Gasteiger partial charge in [0, 0.05) is 30.2 Å². The average molecular weight is 449 g/mol. The van der Waals surface area contributed by atoms with Gasteiger partial charge in [0.15, 0.2) is 0 Å². The SMILES string of the molecule is O=C(Nc1ccc(Cl)cn1)C1CCN(S(=O)(=O)c2cc(Cl)ccc2Cl)CC1. The fraction of sp³-hybridized carbons (Fsp3) is 0.294. The number of carbonyl (C=O) groups is 1. The molecule has 2 heterocycles. The van der Waals surface area contributed by atoms with Gasteiger partial charge in [0.1, 0.15) is 10.7 Å². The van der Waals surface area contributed by atoms with Gasteiger partial charge in [0.2, 0.25) is 15.9 Å². The van der Waals surface area contributed by atoms with Gasteiger partial charge in [-0.25, -0.2) is 13.4 Å². The van der Waals surface area contributed by atoms with Crippen LogP contribution >= 0.6 is 34.8 Å². The van der Waals surface area contributed by atoms with Crippen LogP contribution in [0.1, 0.15) is 12.8 Å². The Kier molecular flexibility index (Phi) is 6.28. The zero-order valence-electron chi connectivity index (χ0n) is 14.0. The summed E-state index contributed by atoms with van der Waals surface area (Å²) in [7, 11) is -3.77. The normalized spacial score (nSPS) is 16.3. The summed E-state index contributed by atoms with van der Waals surface area (Å²) >= 11 is 17.7. The number of benzene rings is 1. The molecular weight excluding hydrogens is 433 g/mol. The summed E-state index contributed by atoms with van der Waals surface area (Å²) in [6.45, 7) is 0.439. The second-order valence-corrected chi connectivity index (χ2v) is 9.29. The quantitative estimate of drug-likeness (QED) is 0.764. The van der Waals surface area contributed by atoms with Crippen LogP contribution in [0, 0.1) is 5.92 Å². The fourth-order valence-corrected chi connectivity index (χ4v) is 5.17. The van der Waals surface area contributed by atoms with E-state index in [1.54, 1.807) is 12.1 Å². The molecule has 10 heteroatoms. The number of piperidine rings is 1. The Labute approximate surface area is 172 Å². The van der Waals surface area contributed by atoms with Crippen LogP contribution in [0.25, 0.3) is 0 Å². The molecule has 2 aromatic rings. The molecule has 0 atom stereocenters. The number of nitrogens with one attached hydrogen (secondary N) is 1. The van der Waals surface area contributed by atoms with Gasteiger partial charge in [0.05, 0.1) is 10.0 Å². The van der Waals surface area contributed by atoms with E-state index in [0.717, 1.165) is 0 Å². The van der Waals surface area contributed by atoms with Gasteiger partial charge >= 0.3 is 0 Å². The number of nitrogens with zero attached hydrogens (tertiary/aromatic N) is 2. The first-order valence-corrected chi connectivity index (χ1v) is 10.7. The highest BCUT2D eigenvalue weighted by Gasteiger charge is 2.33. The maximum atomic E-state index is 12.8. The van der Waals surface area contributed by atoms with Crippen molar-refractivity contribution in [1.29, 1.82) is 0 Å². The second kappa shape index (κ2) is 8.32. The van der Waals surface area contributed by atoms with Crippen molar-refractivity contribution < 1.29 is 13.2 Å². The largest absolute Gasteiger partial charge is 0.310 e. The van der Waals surface area contributed by atoms with E-state index in [-0.39, 0.29) is 34.8 Å². The molecule has 0 bridgehead atoms. The highest BCUT2D eigenvalue weighted by Crippen LogP contribution is 2.30. The maximum Gasteiger partial charge on any atom is 0.244 e. The van der Waals surface area contributed by atoms with Gasteiger partial charge in [-0.1, -0.05) is 34.8 Å². The van der Waals surface area contributed by atoms with Crippen molar-refractivity contribution >= 4 is 56.6 Å². The number of pyridine rings is 1. The van der Waals surface area contributed by atoms with Gasteiger partial charge in [-0.15, -0.1) is 0 Å². The first-order chi connectivity index (χ1) is 12.8. The third kappa shape index (κ3) is 4.73. The number of halogens is 3. The van der Waals surface area contributed by atoms with Crippen molar-refractivity contribution in [3.05, 3.63) is 51.6 Å². The Bertz CT molecular complexity index is 944. The molecule has 1 N–H and O–H groups in total. The lowest BCUT2D eigenvalue weighted by Crippen LogP contribution is -2.41. The number of amides is 1. The van der Waals surface area contributed by atoms with Gasteiger partial charge < -0.3 is 5.32 Å². The second-order valence-electron chi connectivity index (χ2n) is 6.10. The number of sulfonamides is 1. The summed E-state index contributed by atoms with van der Waals surface area (Å²) in [5, 5.41) is 3.62. The summed E-state index contributed by atoms with van der Waals surface area (Å²) in [6, 6.07) is 7.57. The van der Waals surface area contributed by atoms with Gasteiger partial charge in [-0.2, -0.15) is 4.31 Å². The molecule has 1 saturated heterocycles. The number of anilines is 1. The molecule has 1 aliphatic heterocycles. The van der Waals surface area contributed by atoms with Crippen LogP contribution in [-0.4, -0.2) is 36.7 Å². The zero-order chi connectivity index (χ0) is 19.6. The first-order valence-electron chi connectivity index (χ1n) is 8.15. The molecule has 0 spiro atoms. The molecule has 6 nitrogen and oxygen atoms in total. The summed E-state index contributed by atoms with van der Waals surface area (Å²) in [5.41, 5.74) is 0. The van der Waals surface area contributed by atoms with Crippen LogP contribution < -0.4 is 5.32 Å². The van der Waals surface area contributed by atoms with E-state index in [2.05, 4.69) is 10.3 Å². The van der Waals surface area contributed by atoms with E-state index in [9.17, 15) is 13.2 Å². The predicted molar refractivity (Wildman–Crippen MR) is 106 cm³/mol. The van der Waals surface area contributed by atoms with E-state index >= 15 is 0 Å². The van der Waals surface area contributed by atoms with Crippen molar-refractivity contribution in [2.75, 3.05) is 18.4 Å². The van der Waals surface area contributed by atoms with Crippen molar-refractivity contribution in [3.8, 4) is 0 Å². The molecule has 0 saturated carbocycles. The molecule has 0 aliphatic carbocycles. The molecule has 3 rings (SSSR count). The van der Waals surface area contributed by atoms with Gasteiger partial charge in [0.25, 0.3) is 0 Å². The lowest BCUT2D eigenvalue weighted by atomic mass is 9.97. The van der Waals surface area contributed by atoms with E-state index < -0.39 is 10.0 Å². The van der Waals surface area contributed by atoms with Crippen molar-refractivity contribution in [2.45, 2.75) is 17.7 Å². The van der Waals surface area contributed by atoms with E-state index in [4.69, 9.17) is 34.8 Å². The summed E-state index contributed by atoms with van der Waals surface area (Å²) < 4.78 is 27.0. The van der Waals surface area contributed by atoms with Crippen molar-refractivity contribution in [1.82, 2.24) is 9.29 Å². The minimum absolute atomic E-state index is 0.0232. The monoisotopic (exact) mass is 447 g/mol. The highest BCUT2D eigenvalue weighted by molar-refractivity contribution is 7.89. The highest BCUT2D eigenvalue weighted by atomic mass is 35.5. The summed E-state index contributed by atoms with van der Waals surface area (Å²) in [5.74, 6) is -0.0865. The predicted octanol–water partition coefficient (Wildman–Crippen LogP) is 4.08. The Morgan fingerprint density at radius 1 is 1.07 bits per heavy atom. The lowest BCUT2D eigenvalue weighted by Gasteiger charge is -2.30. The first kappa shape index (κ1) is 20.4. The third-order valence-electron chi connectivity index (χ3n) is 4.31. The third-order valence-corrected chi connectivity index (χ3v) is 7.15. The average Bonchev–Trinajstić information content (AvgIpc) is 2.65. The standard InChI is InChI=1S/C17H16Cl3N3O3S/c18-12-1-3-14(20)15(9-12)27(25,26)23-7-5-11(6-8-23)17(24)22-16-4-2-13(19)10-21-16/h1-4,9-11H,5-8H2,(H,21,22,24). The molecule has 1 aliphatic rings. The number of carbonyl (C=O) groups excluding carboxylic acids is 1. The number of hydrogen-bond donors (Lipinski definition) is 1. The van der Waals surface area contributed by atoms with Crippen molar-refractivity contribution in [3.63, 3.8) is 0 Å². The number of aromatic nitrogens is 1. The Morgan fingerprint density at radius 2 is 1.74 bits per heavy atom. The Hall–Kier alpha value is -1.38. The molecule has 27 heavy (non-hydrogen) atoms. The summed E-state index contributed by atoms with van der Waals surface area (Å²) in [4.78, 5) is 16.4. The molecule has 1 amide bonds. The molecule has 144 valence electrons. The zero-order valence-corrected chi connectivity index (χ0v) is 17.1. The molecule has 0 unspecified atom stereocenters. The van der Waals surface area contributed by atoms with Crippen molar-refractivity contribution in [2.24, 2.45) is 5.92 Å². The van der Waals surface area contributed by atoms with Gasteiger partial charge in [-0.3, -0.25) is 4.79 Å². The van der Waals surface area contributed by atoms with E-state index in [0.29, 0.717) is 28.7 Å². The van der Waals surface area contributed by atoms with Crippen LogP contribution in [0.15, 0.2) is 41.4 Å². The minimum atomic E-state index is -3.77. The summed E-state index contributed by atoms with van der Waals surface area (Å²) in [6.07, 6.45) is 2.24. The van der Waals surface area contributed by atoms with E-state index in [1.807, 2.05) is 0 Å². The molecular formula is C17H16Cl3N3O3S.